The highest BCUT2D eigenvalue weighted by molar-refractivity contribution is 14.1. The zero-order chi connectivity index (χ0) is 13.4. The van der Waals surface area contributed by atoms with Crippen molar-refractivity contribution >= 4 is 22.6 Å². The van der Waals surface area contributed by atoms with Crippen molar-refractivity contribution in [3.63, 3.8) is 0 Å². The average Bonchev–Trinajstić information content (AvgIpc) is 2.12. The highest BCUT2D eigenvalue weighted by atomic mass is 127. The van der Waals surface area contributed by atoms with E-state index >= 15 is 0 Å². The van der Waals surface area contributed by atoms with E-state index < -0.39 is 32.6 Å². The molecule has 0 aliphatic carbocycles. The minimum atomic E-state index is -5.00. The van der Waals surface area contributed by atoms with Crippen LogP contribution in [0.4, 0.5) is 26.3 Å². The summed E-state index contributed by atoms with van der Waals surface area (Å²) in [6.07, 6.45) is -9.99. The third-order valence-corrected chi connectivity index (χ3v) is 2.75. The molecule has 92 valence electrons. The first-order chi connectivity index (χ1) is 7.59. The van der Waals surface area contributed by atoms with Crippen LogP contribution in [-0.4, -0.2) is 0 Å². The van der Waals surface area contributed by atoms with Crippen LogP contribution in [-0.2, 0) is 12.4 Å². The van der Waals surface area contributed by atoms with Gasteiger partial charge in [-0.05, 0) is 34.7 Å². The van der Waals surface area contributed by atoms with E-state index in [1.54, 1.807) is 0 Å². The number of nitriles is 1. The topological polar surface area (TPSA) is 23.8 Å². The standard InChI is InChI=1S/C9H2F6IN/c10-8(11,12)5-1-2-6(16)7(4(5)3-17)9(13,14)15/h1-2H. The molecule has 0 amide bonds. The molecule has 17 heavy (non-hydrogen) atoms. The number of hydrogen-bond donors (Lipinski definition) is 0. The normalized spacial score (nSPS) is 12.4. The van der Waals surface area contributed by atoms with E-state index in [0.29, 0.717) is 12.1 Å². The molecule has 0 aromatic heterocycles. The molecule has 0 fully saturated rings. The fourth-order valence-electron chi connectivity index (χ4n) is 1.21. The Morgan fingerprint density at radius 3 is 1.88 bits per heavy atom. The van der Waals surface area contributed by atoms with Gasteiger partial charge in [-0.2, -0.15) is 31.6 Å². The Morgan fingerprint density at radius 2 is 1.53 bits per heavy atom. The summed E-state index contributed by atoms with van der Waals surface area (Å²) in [6, 6.07) is 2.13. The van der Waals surface area contributed by atoms with Gasteiger partial charge in [0.25, 0.3) is 0 Å². The van der Waals surface area contributed by atoms with Crippen LogP contribution in [0.25, 0.3) is 0 Å². The van der Waals surface area contributed by atoms with Crippen molar-refractivity contribution in [2.75, 3.05) is 0 Å². The quantitative estimate of drug-likeness (QED) is 0.500. The monoisotopic (exact) mass is 365 g/mol. The number of alkyl halides is 6. The van der Waals surface area contributed by atoms with Crippen LogP contribution in [0.15, 0.2) is 12.1 Å². The van der Waals surface area contributed by atoms with Gasteiger partial charge in [0.15, 0.2) is 0 Å². The van der Waals surface area contributed by atoms with Crippen molar-refractivity contribution in [3.05, 3.63) is 32.4 Å². The maximum atomic E-state index is 12.5. The Labute approximate surface area is 105 Å². The van der Waals surface area contributed by atoms with Crippen molar-refractivity contribution in [2.24, 2.45) is 0 Å². The molecule has 0 spiro atoms. The zero-order valence-corrected chi connectivity index (χ0v) is 9.91. The smallest absolute Gasteiger partial charge is 0.192 e. The minimum Gasteiger partial charge on any atom is -0.192 e. The predicted molar refractivity (Wildman–Crippen MR) is 53.9 cm³/mol. The molecule has 1 rings (SSSR count). The van der Waals surface area contributed by atoms with Gasteiger partial charge in [-0.25, -0.2) is 0 Å². The molecule has 0 radical (unpaired) electrons. The van der Waals surface area contributed by atoms with Crippen LogP contribution in [0.3, 0.4) is 0 Å². The SMILES string of the molecule is N#Cc1c(C(F)(F)F)ccc(I)c1C(F)(F)F. The van der Waals surface area contributed by atoms with Crippen molar-refractivity contribution in [2.45, 2.75) is 12.4 Å². The molecule has 1 aromatic carbocycles. The maximum Gasteiger partial charge on any atom is 0.418 e. The lowest BCUT2D eigenvalue weighted by Gasteiger charge is -2.15. The van der Waals surface area contributed by atoms with Crippen molar-refractivity contribution in [1.29, 1.82) is 5.26 Å². The van der Waals surface area contributed by atoms with Crippen molar-refractivity contribution < 1.29 is 26.3 Å². The Balaban J connectivity index is 3.68. The number of rotatable bonds is 0. The molecule has 0 bridgehead atoms. The van der Waals surface area contributed by atoms with Gasteiger partial charge in [0.1, 0.15) is 6.07 Å². The lowest BCUT2D eigenvalue weighted by Crippen LogP contribution is -2.16. The molecule has 0 aliphatic rings. The summed E-state index contributed by atoms with van der Waals surface area (Å²) in [5.41, 5.74) is -4.51. The molecule has 1 aromatic rings. The molecule has 0 N–H and O–H groups in total. The third kappa shape index (κ3) is 2.83. The maximum absolute atomic E-state index is 12.5. The third-order valence-electron chi connectivity index (χ3n) is 1.86. The summed E-state index contributed by atoms with van der Waals surface area (Å²) in [5.74, 6) is 0. The van der Waals surface area contributed by atoms with Crippen LogP contribution in [0, 0.1) is 14.9 Å². The average molecular weight is 365 g/mol. The fraction of sp³-hybridized carbons (Fsp3) is 0.222. The van der Waals surface area contributed by atoms with E-state index in [4.69, 9.17) is 5.26 Å². The summed E-state index contributed by atoms with van der Waals surface area (Å²) in [7, 11) is 0. The molecular formula is C9H2F6IN. The molecule has 0 atom stereocenters. The molecule has 0 saturated carbocycles. The summed E-state index contributed by atoms with van der Waals surface area (Å²) in [5, 5.41) is 8.50. The number of halogens is 7. The summed E-state index contributed by atoms with van der Waals surface area (Å²) >= 11 is 1.24. The molecule has 0 heterocycles. The number of hydrogen-bond acceptors (Lipinski definition) is 1. The first-order valence-electron chi connectivity index (χ1n) is 3.96. The van der Waals surface area contributed by atoms with Crippen LogP contribution in [0.1, 0.15) is 16.7 Å². The van der Waals surface area contributed by atoms with E-state index in [9.17, 15) is 26.3 Å². The highest BCUT2D eigenvalue weighted by Gasteiger charge is 2.42. The van der Waals surface area contributed by atoms with E-state index in [1.807, 2.05) is 0 Å². The van der Waals surface area contributed by atoms with Crippen molar-refractivity contribution in [1.82, 2.24) is 0 Å². The van der Waals surface area contributed by atoms with E-state index in [0.717, 1.165) is 6.07 Å². The van der Waals surface area contributed by atoms with Gasteiger partial charge in [-0.15, -0.1) is 0 Å². The largest absolute Gasteiger partial charge is 0.418 e. The van der Waals surface area contributed by atoms with Gasteiger partial charge < -0.3 is 0 Å². The predicted octanol–water partition coefficient (Wildman–Crippen LogP) is 4.20. The molecule has 0 aliphatic heterocycles. The van der Waals surface area contributed by atoms with Crippen LogP contribution in [0.5, 0.6) is 0 Å². The Hall–Kier alpha value is -0.980. The van der Waals surface area contributed by atoms with E-state index in [-0.39, 0.29) is 0 Å². The Bertz CT molecular complexity index is 482. The highest BCUT2D eigenvalue weighted by Crippen LogP contribution is 2.41. The molecule has 8 heteroatoms. The van der Waals surface area contributed by atoms with Crippen LogP contribution < -0.4 is 0 Å². The molecular weight excluding hydrogens is 363 g/mol. The first kappa shape index (κ1) is 14.1. The van der Waals surface area contributed by atoms with Gasteiger partial charge in [-0.3, -0.25) is 0 Å². The second-order valence-corrected chi connectivity index (χ2v) is 4.11. The van der Waals surface area contributed by atoms with Crippen molar-refractivity contribution in [3.8, 4) is 6.07 Å². The lowest BCUT2D eigenvalue weighted by atomic mass is 10.0. The van der Waals surface area contributed by atoms with Gasteiger partial charge in [0.2, 0.25) is 0 Å². The zero-order valence-electron chi connectivity index (χ0n) is 7.75. The van der Waals surface area contributed by atoms with Crippen LogP contribution >= 0.6 is 22.6 Å². The lowest BCUT2D eigenvalue weighted by molar-refractivity contribution is -0.143. The second kappa shape index (κ2) is 4.36. The molecule has 0 saturated heterocycles. The minimum absolute atomic E-state index is 0.445. The first-order valence-corrected chi connectivity index (χ1v) is 5.04. The van der Waals surface area contributed by atoms with Gasteiger partial charge in [0.05, 0.1) is 16.7 Å². The number of nitrogens with zero attached hydrogens (tertiary/aromatic N) is 1. The summed E-state index contributed by atoms with van der Waals surface area (Å²) in [6.45, 7) is 0. The Morgan fingerprint density at radius 1 is 1.00 bits per heavy atom. The number of benzene rings is 1. The molecule has 0 unspecified atom stereocenters. The second-order valence-electron chi connectivity index (χ2n) is 2.95. The molecule has 1 nitrogen and oxygen atoms in total. The van der Waals surface area contributed by atoms with E-state index in [2.05, 4.69) is 0 Å². The fourth-order valence-corrected chi connectivity index (χ4v) is 1.96. The van der Waals surface area contributed by atoms with E-state index in [1.165, 1.54) is 22.6 Å². The Kier molecular flexibility index (Phi) is 3.61. The van der Waals surface area contributed by atoms with Gasteiger partial charge in [0, 0.05) is 3.57 Å². The summed E-state index contributed by atoms with van der Waals surface area (Å²) in [4.78, 5) is 0. The summed E-state index contributed by atoms with van der Waals surface area (Å²) < 4.78 is 74.4. The van der Waals surface area contributed by atoms with Gasteiger partial charge >= 0.3 is 12.4 Å². The van der Waals surface area contributed by atoms with Gasteiger partial charge in [-0.1, -0.05) is 0 Å². The van der Waals surface area contributed by atoms with Crippen LogP contribution in [0.2, 0.25) is 0 Å².